The molecule has 2 heterocycles. The first-order chi connectivity index (χ1) is 13.7. The third kappa shape index (κ3) is 3.88. The fourth-order valence-corrected chi connectivity index (χ4v) is 3.09. The second-order valence-electron chi connectivity index (χ2n) is 6.48. The average Bonchev–Trinajstić information content (AvgIpc) is 3.16. The molecule has 28 heavy (non-hydrogen) atoms. The Kier molecular flexibility index (Phi) is 5.06. The summed E-state index contributed by atoms with van der Waals surface area (Å²) in [7, 11) is 0. The Hall–Kier alpha value is -3.60. The minimum Gasteiger partial charge on any atom is -0.487 e. The first-order valence-electron chi connectivity index (χ1n) is 9.27. The van der Waals surface area contributed by atoms with Crippen LogP contribution in [0.2, 0.25) is 0 Å². The molecule has 0 bridgehead atoms. The maximum Gasteiger partial charge on any atom is 0.255 e. The van der Waals surface area contributed by atoms with Crippen molar-refractivity contribution < 1.29 is 9.53 Å². The quantitative estimate of drug-likeness (QED) is 0.533. The molecule has 2 aromatic heterocycles. The van der Waals surface area contributed by atoms with Crippen molar-refractivity contribution in [3.05, 3.63) is 95.9 Å². The number of carbonyl (C=O) groups excluding carboxylic acids is 1. The van der Waals surface area contributed by atoms with E-state index in [-0.39, 0.29) is 5.91 Å². The second-order valence-corrected chi connectivity index (χ2v) is 6.48. The SMILES string of the molecule is CCc1ccccc1NC(=O)c1cccc(OCc2cn3ccccc3n2)c1. The Labute approximate surface area is 163 Å². The van der Waals surface area contributed by atoms with Gasteiger partial charge in [0.05, 0.1) is 5.69 Å². The van der Waals surface area contributed by atoms with Crippen LogP contribution in [0.3, 0.4) is 0 Å². The van der Waals surface area contributed by atoms with Gasteiger partial charge in [-0.3, -0.25) is 4.79 Å². The van der Waals surface area contributed by atoms with Gasteiger partial charge in [-0.1, -0.05) is 37.3 Å². The van der Waals surface area contributed by atoms with Gasteiger partial charge < -0.3 is 14.5 Å². The number of rotatable bonds is 6. The van der Waals surface area contributed by atoms with Gasteiger partial charge in [0.25, 0.3) is 5.91 Å². The molecular formula is C23H21N3O2. The van der Waals surface area contributed by atoms with Gasteiger partial charge in [-0.05, 0) is 48.4 Å². The van der Waals surface area contributed by atoms with E-state index < -0.39 is 0 Å². The molecule has 0 aliphatic rings. The van der Waals surface area contributed by atoms with Crippen LogP contribution in [0, 0.1) is 0 Å². The lowest BCUT2D eigenvalue weighted by Crippen LogP contribution is -2.13. The molecule has 0 saturated heterocycles. The number of imidazole rings is 1. The Morgan fingerprint density at radius 1 is 1.07 bits per heavy atom. The molecule has 2 aromatic carbocycles. The number of aryl methyl sites for hydroxylation is 1. The Morgan fingerprint density at radius 2 is 1.93 bits per heavy atom. The van der Waals surface area contributed by atoms with Crippen molar-refractivity contribution in [2.75, 3.05) is 5.32 Å². The van der Waals surface area contributed by atoms with Crippen LogP contribution in [-0.2, 0) is 13.0 Å². The summed E-state index contributed by atoms with van der Waals surface area (Å²) in [5.74, 6) is 0.479. The molecule has 0 spiro atoms. The van der Waals surface area contributed by atoms with Crippen LogP contribution in [0.15, 0.2) is 79.1 Å². The summed E-state index contributed by atoms with van der Waals surface area (Å²) in [6.07, 6.45) is 4.75. The lowest BCUT2D eigenvalue weighted by Gasteiger charge is -2.11. The number of benzene rings is 2. The van der Waals surface area contributed by atoms with Gasteiger partial charge in [-0.25, -0.2) is 4.98 Å². The fourth-order valence-electron chi connectivity index (χ4n) is 3.09. The molecule has 0 aliphatic heterocycles. The zero-order valence-corrected chi connectivity index (χ0v) is 15.6. The van der Waals surface area contributed by atoms with Crippen molar-refractivity contribution >= 4 is 17.2 Å². The van der Waals surface area contributed by atoms with E-state index >= 15 is 0 Å². The molecule has 4 aromatic rings. The number of carbonyl (C=O) groups is 1. The van der Waals surface area contributed by atoms with E-state index in [1.165, 1.54) is 0 Å². The van der Waals surface area contributed by atoms with E-state index in [1.807, 2.05) is 71.4 Å². The summed E-state index contributed by atoms with van der Waals surface area (Å²) in [5, 5.41) is 2.99. The molecular weight excluding hydrogens is 350 g/mol. The van der Waals surface area contributed by atoms with Crippen LogP contribution < -0.4 is 10.1 Å². The first kappa shape index (κ1) is 17.8. The molecule has 5 nitrogen and oxygen atoms in total. The predicted octanol–water partition coefficient (Wildman–Crippen LogP) is 4.73. The smallest absolute Gasteiger partial charge is 0.255 e. The number of nitrogens with one attached hydrogen (secondary N) is 1. The number of anilines is 1. The van der Waals surface area contributed by atoms with E-state index in [2.05, 4.69) is 17.2 Å². The van der Waals surface area contributed by atoms with Crippen LogP contribution in [0.25, 0.3) is 5.65 Å². The molecule has 0 atom stereocenters. The lowest BCUT2D eigenvalue weighted by atomic mass is 10.1. The molecule has 4 rings (SSSR count). The number of hydrogen-bond donors (Lipinski definition) is 1. The average molecular weight is 371 g/mol. The minimum absolute atomic E-state index is 0.154. The molecule has 1 N–H and O–H groups in total. The molecule has 0 radical (unpaired) electrons. The number of ether oxygens (including phenoxy) is 1. The topological polar surface area (TPSA) is 55.6 Å². The molecule has 0 saturated carbocycles. The summed E-state index contributed by atoms with van der Waals surface area (Å²) < 4.78 is 7.80. The maximum atomic E-state index is 12.6. The van der Waals surface area contributed by atoms with Gasteiger partial charge in [-0.15, -0.1) is 0 Å². The molecule has 1 amide bonds. The molecule has 0 unspecified atom stereocenters. The van der Waals surface area contributed by atoms with Gasteiger partial charge in [0.2, 0.25) is 0 Å². The fraction of sp³-hybridized carbons (Fsp3) is 0.130. The second kappa shape index (κ2) is 7.96. The highest BCUT2D eigenvalue weighted by molar-refractivity contribution is 6.04. The van der Waals surface area contributed by atoms with Crippen LogP contribution in [-0.4, -0.2) is 15.3 Å². The van der Waals surface area contributed by atoms with Gasteiger partial charge in [0.15, 0.2) is 0 Å². The van der Waals surface area contributed by atoms with Crippen molar-refractivity contribution in [3.8, 4) is 5.75 Å². The summed E-state index contributed by atoms with van der Waals surface area (Å²) in [6, 6.07) is 20.9. The van der Waals surface area contributed by atoms with E-state index in [4.69, 9.17) is 4.74 Å². The normalized spacial score (nSPS) is 10.8. The van der Waals surface area contributed by atoms with Crippen LogP contribution in [0.5, 0.6) is 5.75 Å². The zero-order chi connectivity index (χ0) is 19.3. The van der Waals surface area contributed by atoms with Crippen molar-refractivity contribution in [1.82, 2.24) is 9.38 Å². The van der Waals surface area contributed by atoms with E-state index in [0.717, 1.165) is 29.0 Å². The van der Waals surface area contributed by atoms with Crippen molar-refractivity contribution in [3.63, 3.8) is 0 Å². The highest BCUT2D eigenvalue weighted by Crippen LogP contribution is 2.19. The highest BCUT2D eigenvalue weighted by Gasteiger charge is 2.10. The monoisotopic (exact) mass is 371 g/mol. The predicted molar refractivity (Wildman–Crippen MR) is 110 cm³/mol. The zero-order valence-electron chi connectivity index (χ0n) is 15.6. The van der Waals surface area contributed by atoms with Gasteiger partial charge in [0.1, 0.15) is 18.0 Å². The molecule has 0 fully saturated rings. The van der Waals surface area contributed by atoms with E-state index in [9.17, 15) is 4.79 Å². The lowest BCUT2D eigenvalue weighted by molar-refractivity contribution is 0.102. The third-order valence-corrected chi connectivity index (χ3v) is 4.54. The van der Waals surface area contributed by atoms with E-state index in [1.54, 1.807) is 12.1 Å². The third-order valence-electron chi connectivity index (χ3n) is 4.54. The number of aromatic nitrogens is 2. The van der Waals surface area contributed by atoms with Crippen LogP contribution in [0.4, 0.5) is 5.69 Å². The number of pyridine rings is 1. The van der Waals surface area contributed by atoms with Gasteiger partial charge >= 0.3 is 0 Å². The number of fused-ring (bicyclic) bond motifs is 1. The summed E-state index contributed by atoms with van der Waals surface area (Å²) in [5.41, 5.74) is 4.21. The number of nitrogens with zero attached hydrogens (tertiary/aromatic N) is 2. The highest BCUT2D eigenvalue weighted by atomic mass is 16.5. The minimum atomic E-state index is -0.154. The maximum absolute atomic E-state index is 12.6. The largest absolute Gasteiger partial charge is 0.487 e. The summed E-state index contributed by atoms with van der Waals surface area (Å²) in [4.78, 5) is 17.2. The van der Waals surface area contributed by atoms with Gasteiger partial charge in [0, 0.05) is 23.6 Å². The van der Waals surface area contributed by atoms with Crippen LogP contribution in [0.1, 0.15) is 28.5 Å². The first-order valence-corrected chi connectivity index (χ1v) is 9.27. The van der Waals surface area contributed by atoms with Crippen molar-refractivity contribution in [2.45, 2.75) is 20.0 Å². The molecule has 140 valence electrons. The Bertz CT molecular complexity index is 1080. The van der Waals surface area contributed by atoms with E-state index in [0.29, 0.717) is 17.9 Å². The van der Waals surface area contributed by atoms with Crippen molar-refractivity contribution in [2.24, 2.45) is 0 Å². The van der Waals surface area contributed by atoms with Crippen molar-refractivity contribution in [1.29, 1.82) is 0 Å². The molecule has 0 aliphatic carbocycles. The Morgan fingerprint density at radius 3 is 2.79 bits per heavy atom. The van der Waals surface area contributed by atoms with Crippen LogP contribution >= 0.6 is 0 Å². The number of hydrogen-bond acceptors (Lipinski definition) is 3. The Balaban J connectivity index is 1.45. The number of amides is 1. The number of para-hydroxylation sites is 1. The van der Waals surface area contributed by atoms with Gasteiger partial charge in [-0.2, -0.15) is 0 Å². The molecule has 5 heteroatoms. The summed E-state index contributed by atoms with van der Waals surface area (Å²) >= 11 is 0. The summed E-state index contributed by atoms with van der Waals surface area (Å²) in [6.45, 7) is 2.41. The standard InChI is InChI=1S/C23H21N3O2/c1-2-17-8-3-4-11-21(17)25-23(27)18-9-7-10-20(14-18)28-16-19-15-26-13-6-5-12-22(26)24-19/h3-15H,2,16H2,1H3,(H,25,27).